The molecule has 0 unspecified atom stereocenters. The molecule has 0 heterocycles. The highest BCUT2D eigenvalue weighted by Gasteiger charge is 2.35. The van der Waals surface area contributed by atoms with Gasteiger partial charge in [0, 0.05) is 11.0 Å². The quantitative estimate of drug-likeness (QED) is 0.655. The third-order valence-corrected chi connectivity index (χ3v) is 4.42. The lowest BCUT2D eigenvalue weighted by Crippen LogP contribution is -2.51. The Kier molecular flexibility index (Phi) is 7.73. The van der Waals surface area contributed by atoms with Crippen LogP contribution in [-0.2, 0) is 10.2 Å². The molecule has 0 aliphatic rings. The Morgan fingerprint density at radius 3 is 1.96 bits per heavy atom. The van der Waals surface area contributed by atoms with Gasteiger partial charge in [-0.25, -0.2) is 0 Å². The fraction of sp³-hybridized carbons (Fsp3) is 0.682. The summed E-state index contributed by atoms with van der Waals surface area (Å²) in [6.45, 7) is 17.2. The molecule has 0 aromatic heterocycles. The number of rotatable bonds is 7. The molecule has 1 N–H and O–H groups in total. The number of carbonyl (C=O) groups excluding carboxylic acids is 1. The zero-order chi connectivity index (χ0) is 17.9. The molecular formula is C22H39NO. The molecular weight excluding hydrogens is 294 g/mol. The van der Waals surface area contributed by atoms with Gasteiger partial charge in [0.15, 0.2) is 0 Å². The third kappa shape index (κ3) is 6.67. The van der Waals surface area contributed by atoms with Crippen LogP contribution in [0.1, 0.15) is 81.2 Å². The van der Waals surface area contributed by atoms with Crippen LogP contribution in [0.4, 0.5) is 0 Å². The van der Waals surface area contributed by atoms with Gasteiger partial charge >= 0.3 is 0 Å². The van der Waals surface area contributed by atoms with Crippen LogP contribution in [0.3, 0.4) is 0 Å². The van der Waals surface area contributed by atoms with Crippen molar-refractivity contribution in [2.24, 2.45) is 11.3 Å². The average molecular weight is 334 g/mol. The van der Waals surface area contributed by atoms with Crippen LogP contribution in [0.15, 0.2) is 30.3 Å². The summed E-state index contributed by atoms with van der Waals surface area (Å²) in [4.78, 5) is 12.7. The second kappa shape index (κ2) is 8.18. The number of hydrogen-bond acceptors (Lipinski definition) is 1. The summed E-state index contributed by atoms with van der Waals surface area (Å²) >= 11 is 0. The van der Waals surface area contributed by atoms with Gasteiger partial charge in [-0.05, 0) is 43.6 Å². The lowest BCUT2D eigenvalue weighted by Gasteiger charge is -2.38. The Morgan fingerprint density at radius 2 is 1.50 bits per heavy atom. The summed E-state index contributed by atoms with van der Waals surface area (Å²) in [5.74, 6) is 0.666. The highest BCUT2D eigenvalue weighted by Crippen LogP contribution is 2.33. The number of benzene rings is 1. The third-order valence-electron chi connectivity index (χ3n) is 4.42. The predicted octanol–water partition coefficient (Wildman–Crippen LogP) is 5.96. The Bertz CT molecular complexity index is 512. The monoisotopic (exact) mass is 333 g/mol. The number of carbonyl (C=O) groups is 1. The van der Waals surface area contributed by atoms with E-state index in [1.807, 2.05) is 19.9 Å². The van der Waals surface area contributed by atoms with E-state index in [1.54, 1.807) is 0 Å². The minimum Gasteiger partial charge on any atom is -0.351 e. The largest absolute Gasteiger partial charge is 0.351 e. The number of nitrogens with one attached hydrogen (secondary N) is 1. The van der Waals surface area contributed by atoms with E-state index >= 15 is 0 Å². The molecule has 0 saturated heterocycles. The summed E-state index contributed by atoms with van der Waals surface area (Å²) in [5.41, 5.74) is 0.747. The topological polar surface area (TPSA) is 29.1 Å². The van der Waals surface area contributed by atoms with Crippen molar-refractivity contribution in [3.05, 3.63) is 35.9 Å². The van der Waals surface area contributed by atoms with Crippen LogP contribution in [0.25, 0.3) is 0 Å². The van der Waals surface area contributed by atoms with Gasteiger partial charge in [-0.3, -0.25) is 4.79 Å². The van der Waals surface area contributed by atoms with Gasteiger partial charge in [0.25, 0.3) is 0 Å². The van der Waals surface area contributed by atoms with Gasteiger partial charge in [0.1, 0.15) is 0 Å². The smallest absolute Gasteiger partial charge is 0.226 e. The molecule has 2 heteroatoms. The number of hydrogen-bond donors (Lipinski definition) is 1. The highest BCUT2D eigenvalue weighted by atomic mass is 16.2. The maximum absolute atomic E-state index is 12.7. The second-order valence-electron chi connectivity index (χ2n) is 9.25. The van der Waals surface area contributed by atoms with E-state index in [2.05, 4.69) is 71.1 Å². The predicted molar refractivity (Wildman–Crippen MR) is 106 cm³/mol. The zero-order valence-electron chi connectivity index (χ0n) is 16.3. The van der Waals surface area contributed by atoms with Crippen LogP contribution in [0, 0.1) is 11.3 Å². The summed E-state index contributed by atoms with van der Waals surface area (Å²) in [7, 11) is 0. The normalized spacial score (nSPS) is 12.7. The molecule has 0 saturated carbocycles. The fourth-order valence-electron chi connectivity index (χ4n) is 3.73. The molecule has 0 atom stereocenters. The van der Waals surface area contributed by atoms with E-state index in [1.165, 1.54) is 5.56 Å². The van der Waals surface area contributed by atoms with E-state index in [-0.39, 0.29) is 29.7 Å². The first-order valence-corrected chi connectivity index (χ1v) is 8.74. The molecule has 138 valence electrons. The van der Waals surface area contributed by atoms with Crippen molar-refractivity contribution >= 4 is 5.91 Å². The molecule has 0 spiro atoms. The molecule has 2 nitrogen and oxygen atoms in total. The van der Waals surface area contributed by atoms with Gasteiger partial charge < -0.3 is 5.32 Å². The SMILES string of the molecule is C.CC(C)CC(C)(C)C(=O)NC(C)(C)CC(C)(C)c1ccccc1. The second-order valence-corrected chi connectivity index (χ2v) is 9.25. The summed E-state index contributed by atoms with van der Waals surface area (Å²) < 4.78 is 0. The molecule has 1 rings (SSSR count). The Hall–Kier alpha value is -1.31. The van der Waals surface area contributed by atoms with E-state index < -0.39 is 0 Å². The molecule has 1 aromatic carbocycles. The lowest BCUT2D eigenvalue weighted by molar-refractivity contribution is -0.132. The van der Waals surface area contributed by atoms with Crippen molar-refractivity contribution in [2.45, 2.75) is 86.6 Å². The highest BCUT2D eigenvalue weighted by molar-refractivity contribution is 5.82. The lowest BCUT2D eigenvalue weighted by atomic mass is 9.74. The van der Waals surface area contributed by atoms with E-state index in [0.29, 0.717) is 5.92 Å². The van der Waals surface area contributed by atoms with Crippen LogP contribution >= 0.6 is 0 Å². The van der Waals surface area contributed by atoms with Gasteiger partial charge in [-0.15, -0.1) is 0 Å². The molecule has 1 aromatic rings. The molecule has 0 radical (unpaired) electrons. The van der Waals surface area contributed by atoms with Crippen LogP contribution in [0.2, 0.25) is 0 Å². The van der Waals surface area contributed by atoms with Gasteiger partial charge in [0.2, 0.25) is 5.91 Å². The fourth-order valence-corrected chi connectivity index (χ4v) is 3.73. The molecule has 0 bridgehead atoms. The molecule has 24 heavy (non-hydrogen) atoms. The number of amides is 1. The Labute approximate surface area is 150 Å². The maximum Gasteiger partial charge on any atom is 0.226 e. The van der Waals surface area contributed by atoms with Crippen molar-refractivity contribution in [2.75, 3.05) is 0 Å². The van der Waals surface area contributed by atoms with Crippen molar-refractivity contribution in [1.29, 1.82) is 0 Å². The Balaban J connectivity index is 0.00000529. The van der Waals surface area contributed by atoms with Crippen LogP contribution in [0.5, 0.6) is 0 Å². The summed E-state index contributed by atoms with van der Waals surface area (Å²) in [5, 5.41) is 3.29. The first-order valence-electron chi connectivity index (χ1n) is 8.74. The Morgan fingerprint density at radius 1 is 1.00 bits per heavy atom. The molecule has 1 amide bonds. The molecule has 0 fully saturated rings. The molecule has 0 aliphatic heterocycles. The van der Waals surface area contributed by atoms with Gasteiger partial charge in [-0.1, -0.05) is 79.3 Å². The van der Waals surface area contributed by atoms with E-state index in [0.717, 1.165) is 12.8 Å². The average Bonchev–Trinajstić information content (AvgIpc) is 2.36. The molecule has 0 aliphatic carbocycles. The van der Waals surface area contributed by atoms with E-state index in [4.69, 9.17) is 0 Å². The van der Waals surface area contributed by atoms with E-state index in [9.17, 15) is 4.79 Å². The van der Waals surface area contributed by atoms with Crippen LogP contribution < -0.4 is 5.32 Å². The summed E-state index contributed by atoms with van der Waals surface area (Å²) in [6.07, 6.45) is 1.80. The zero-order valence-corrected chi connectivity index (χ0v) is 16.3. The first kappa shape index (κ1) is 22.7. The maximum atomic E-state index is 12.7. The first-order chi connectivity index (χ1) is 10.4. The van der Waals surface area contributed by atoms with Crippen molar-refractivity contribution in [3.63, 3.8) is 0 Å². The van der Waals surface area contributed by atoms with Crippen molar-refractivity contribution in [3.8, 4) is 0 Å². The van der Waals surface area contributed by atoms with Crippen LogP contribution in [-0.4, -0.2) is 11.4 Å². The summed E-state index contributed by atoms with van der Waals surface area (Å²) in [6, 6.07) is 10.5. The minimum absolute atomic E-state index is 0. The van der Waals surface area contributed by atoms with Gasteiger partial charge in [-0.2, -0.15) is 0 Å². The van der Waals surface area contributed by atoms with Crippen molar-refractivity contribution in [1.82, 2.24) is 5.32 Å². The van der Waals surface area contributed by atoms with Crippen molar-refractivity contribution < 1.29 is 4.79 Å². The standard InChI is InChI=1S/C21H35NO.CH4/c1-16(2)14-19(3,4)18(23)22-21(7,8)15-20(5,6)17-12-10-9-11-13-17;/h9-13,16H,14-15H2,1-8H3,(H,22,23);1H4. The van der Waals surface area contributed by atoms with Gasteiger partial charge in [0.05, 0.1) is 0 Å². The minimum atomic E-state index is -0.331.